The molecule has 1 atom stereocenters. The summed E-state index contributed by atoms with van der Waals surface area (Å²) in [4.78, 5) is 13.7. The van der Waals surface area contributed by atoms with Crippen LogP contribution in [0.3, 0.4) is 0 Å². The molecule has 2 amide bonds. The van der Waals surface area contributed by atoms with Crippen molar-refractivity contribution in [1.29, 1.82) is 0 Å². The number of hydrogen-bond donors (Lipinski definition) is 2. The molecule has 22 heavy (non-hydrogen) atoms. The van der Waals surface area contributed by atoms with Crippen LogP contribution in [-0.4, -0.2) is 53.2 Å². The van der Waals surface area contributed by atoms with Crippen molar-refractivity contribution in [1.82, 2.24) is 14.9 Å². The van der Waals surface area contributed by atoms with Crippen molar-refractivity contribution in [3.63, 3.8) is 0 Å². The first-order chi connectivity index (χ1) is 10.3. The zero-order chi connectivity index (χ0) is 16.8. The van der Waals surface area contributed by atoms with Crippen LogP contribution in [0, 0.1) is 0 Å². The molecule has 0 spiro atoms. The molecule has 0 fully saturated rings. The molecule has 0 saturated heterocycles. The molecule has 2 N–H and O–H groups in total. The van der Waals surface area contributed by atoms with Gasteiger partial charge in [-0.25, -0.2) is 17.9 Å². The van der Waals surface area contributed by atoms with Crippen molar-refractivity contribution in [3.8, 4) is 0 Å². The number of likely N-dealkylation sites (N-methyl/N-ethyl adjacent to an activating group) is 1. The Kier molecular flexibility index (Phi) is 6.79. The van der Waals surface area contributed by atoms with Gasteiger partial charge < -0.3 is 15.0 Å². The number of nitrogens with one attached hydrogen (secondary N) is 2. The SMILES string of the molecule is CNS(=O)(=O)c1ccc(CNC(=O)N(C)C(C)COC)cc1. The summed E-state index contributed by atoms with van der Waals surface area (Å²) >= 11 is 0. The Labute approximate surface area is 131 Å². The molecule has 1 rings (SSSR count). The van der Waals surface area contributed by atoms with Crippen LogP contribution in [0.25, 0.3) is 0 Å². The van der Waals surface area contributed by atoms with Gasteiger partial charge in [-0.1, -0.05) is 12.1 Å². The van der Waals surface area contributed by atoms with Crippen LogP contribution in [-0.2, 0) is 21.3 Å². The van der Waals surface area contributed by atoms with Crippen molar-refractivity contribution in [3.05, 3.63) is 29.8 Å². The number of urea groups is 1. The van der Waals surface area contributed by atoms with E-state index < -0.39 is 10.0 Å². The fourth-order valence-corrected chi connectivity index (χ4v) is 2.49. The number of hydrogen-bond acceptors (Lipinski definition) is 4. The summed E-state index contributed by atoms with van der Waals surface area (Å²) in [7, 11) is 1.21. The smallest absolute Gasteiger partial charge is 0.317 e. The van der Waals surface area contributed by atoms with Gasteiger partial charge in [0.2, 0.25) is 10.0 Å². The monoisotopic (exact) mass is 329 g/mol. The Hall–Kier alpha value is -1.64. The van der Waals surface area contributed by atoms with Crippen LogP contribution in [0.5, 0.6) is 0 Å². The number of amides is 2. The number of sulfonamides is 1. The largest absolute Gasteiger partial charge is 0.383 e. The average molecular weight is 329 g/mol. The minimum Gasteiger partial charge on any atom is -0.383 e. The molecule has 0 heterocycles. The maximum absolute atomic E-state index is 12.0. The van der Waals surface area contributed by atoms with Crippen molar-refractivity contribution < 1.29 is 17.9 Å². The fourth-order valence-electron chi connectivity index (χ4n) is 1.76. The normalized spacial score (nSPS) is 12.7. The van der Waals surface area contributed by atoms with E-state index in [-0.39, 0.29) is 17.0 Å². The van der Waals surface area contributed by atoms with E-state index in [1.54, 1.807) is 31.2 Å². The highest BCUT2D eigenvalue weighted by molar-refractivity contribution is 7.89. The molecule has 1 aromatic rings. The summed E-state index contributed by atoms with van der Waals surface area (Å²) in [6.45, 7) is 2.67. The van der Waals surface area contributed by atoms with E-state index in [0.29, 0.717) is 13.2 Å². The van der Waals surface area contributed by atoms with Crippen LogP contribution in [0.2, 0.25) is 0 Å². The molecule has 8 heteroatoms. The Morgan fingerprint density at radius 2 is 1.91 bits per heavy atom. The van der Waals surface area contributed by atoms with Gasteiger partial charge in [-0.15, -0.1) is 0 Å². The molecule has 0 saturated carbocycles. The second kappa shape index (κ2) is 8.11. The molecule has 7 nitrogen and oxygen atoms in total. The Morgan fingerprint density at radius 1 is 1.32 bits per heavy atom. The maximum Gasteiger partial charge on any atom is 0.317 e. The molecule has 0 aliphatic heterocycles. The summed E-state index contributed by atoms with van der Waals surface area (Å²) in [5, 5.41) is 2.78. The van der Waals surface area contributed by atoms with Crippen LogP contribution >= 0.6 is 0 Å². The van der Waals surface area contributed by atoms with Gasteiger partial charge in [0.15, 0.2) is 0 Å². The number of nitrogens with zero attached hydrogens (tertiary/aromatic N) is 1. The second-order valence-corrected chi connectivity index (χ2v) is 6.81. The first-order valence-electron chi connectivity index (χ1n) is 6.84. The second-order valence-electron chi connectivity index (χ2n) is 4.93. The molecule has 0 radical (unpaired) electrons. The van der Waals surface area contributed by atoms with Crippen LogP contribution < -0.4 is 10.0 Å². The van der Waals surface area contributed by atoms with Gasteiger partial charge in [-0.2, -0.15) is 0 Å². The highest BCUT2D eigenvalue weighted by Crippen LogP contribution is 2.10. The third-order valence-electron chi connectivity index (χ3n) is 3.34. The lowest BCUT2D eigenvalue weighted by Gasteiger charge is -2.24. The summed E-state index contributed by atoms with van der Waals surface area (Å²) in [6, 6.07) is 6.10. The quantitative estimate of drug-likeness (QED) is 0.773. The molecule has 1 unspecified atom stereocenters. The summed E-state index contributed by atoms with van der Waals surface area (Å²) in [5.41, 5.74) is 0.816. The minimum atomic E-state index is -3.44. The molecule has 0 aliphatic carbocycles. The van der Waals surface area contributed by atoms with E-state index in [1.165, 1.54) is 19.2 Å². The van der Waals surface area contributed by atoms with Crippen LogP contribution in [0.1, 0.15) is 12.5 Å². The highest BCUT2D eigenvalue weighted by atomic mass is 32.2. The van der Waals surface area contributed by atoms with Crippen molar-refractivity contribution in [2.24, 2.45) is 0 Å². The average Bonchev–Trinajstić information content (AvgIpc) is 2.52. The number of methoxy groups -OCH3 is 1. The zero-order valence-electron chi connectivity index (χ0n) is 13.3. The van der Waals surface area contributed by atoms with E-state index in [9.17, 15) is 13.2 Å². The summed E-state index contributed by atoms with van der Waals surface area (Å²) in [5.74, 6) is 0. The molecular formula is C14H23N3O4S. The van der Waals surface area contributed by atoms with Gasteiger partial charge in [0, 0.05) is 20.7 Å². The van der Waals surface area contributed by atoms with Gasteiger partial charge in [0.05, 0.1) is 17.5 Å². The highest BCUT2D eigenvalue weighted by Gasteiger charge is 2.15. The van der Waals surface area contributed by atoms with Gasteiger partial charge in [-0.3, -0.25) is 0 Å². The Bertz CT molecular complexity index is 587. The summed E-state index contributed by atoms with van der Waals surface area (Å²) < 4.78 is 30.5. The van der Waals surface area contributed by atoms with Crippen LogP contribution in [0.15, 0.2) is 29.2 Å². The lowest BCUT2D eigenvalue weighted by atomic mass is 10.2. The zero-order valence-corrected chi connectivity index (χ0v) is 14.1. The molecule has 0 bridgehead atoms. The van der Waals surface area contributed by atoms with Gasteiger partial charge in [0.1, 0.15) is 0 Å². The van der Waals surface area contributed by atoms with Crippen molar-refractivity contribution in [2.75, 3.05) is 27.8 Å². The number of carbonyl (C=O) groups excluding carboxylic acids is 1. The van der Waals surface area contributed by atoms with Gasteiger partial charge in [0.25, 0.3) is 0 Å². The first kappa shape index (κ1) is 18.4. The molecular weight excluding hydrogens is 306 g/mol. The van der Waals surface area contributed by atoms with E-state index in [0.717, 1.165) is 5.56 Å². The Balaban J connectivity index is 2.60. The predicted molar refractivity (Wildman–Crippen MR) is 84.0 cm³/mol. The van der Waals surface area contributed by atoms with Crippen LogP contribution in [0.4, 0.5) is 4.79 Å². The number of carbonyl (C=O) groups is 1. The Morgan fingerprint density at radius 3 is 2.41 bits per heavy atom. The maximum atomic E-state index is 12.0. The number of ether oxygens (including phenoxy) is 1. The predicted octanol–water partition coefficient (Wildman–Crippen LogP) is 0.771. The summed E-state index contributed by atoms with van der Waals surface area (Å²) in [6.07, 6.45) is 0. The molecule has 0 aliphatic rings. The van der Waals surface area contributed by atoms with Gasteiger partial charge >= 0.3 is 6.03 Å². The first-order valence-corrected chi connectivity index (χ1v) is 8.32. The lowest BCUT2D eigenvalue weighted by molar-refractivity contribution is 0.123. The van der Waals surface area contributed by atoms with Crippen molar-refractivity contribution in [2.45, 2.75) is 24.4 Å². The topological polar surface area (TPSA) is 87.7 Å². The van der Waals surface area contributed by atoms with Gasteiger partial charge in [-0.05, 0) is 31.7 Å². The van der Waals surface area contributed by atoms with E-state index in [4.69, 9.17) is 4.74 Å². The molecule has 1 aromatic carbocycles. The van der Waals surface area contributed by atoms with E-state index in [2.05, 4.69) is 10.0 Å². The van der Waals surface area contributed by atoms with Crippen molar-refractivity contribution >= 4 is 16.1 Å². The van der Waals surface area contributed by atoms with E-state index >= 15 is 0 Å². The molecule has 0 aromatic heterocycles. The lowest BCUT2D eigenvalue weighted by Crippen LogP contribution is -2.43. The number of benzene rings is 1. The fraction of sp³-hybridized carbons (Fsp3) is 0.500. The van der Waals surface area contributed by atoms with E-state index in [1.807, 2.05) is 6.92 Å². The number of rotatable bonds is 7. The minimum absolute atomic E-state index is 0.0341. The third kappa shape index (κ3) is 4.97. The third-order valence-corrected chi connectivity index (χ3v) is 4.77. The molecule has 124 valence electrons. The standard InChI is InChI=1S/C14H23N3O4S/c1-11(10-21-4)17(3)14(18)16-9-12-5-7-13(8-6-12)22(19,20)15-2/h5-8,11,15H,9-10H2,1-4H3,(H,16,18).